The van der Waals surface area contributed by atoms with Crippen molar-refractivity contribution in [2.75, 3.05) is 6.61 Å². The van der Waals surface area contributed by atoms with Gasteiger partial charge in [-0.15, -0.1) is 0 Å². The number of aliphatic carboxylic acids is 1. The number of aryl methyl sites for hydroxylation is 1. The number of carboxylic acids is 1. The summed E-state index contributed by atoms with van der Waals surface area (Å²) in [6, 6.07) is -0.953. The number of carboxylic acid groups (broad SMARTS) is 1. The van der Waals surface area contributed by atoms with Gasteiger partial charge < -0.3 is 10.2 Å². The van der Waals surface area contributed by atoms with Crippen LogP contribution in [0.4, 0.5) is 0 Å². The zero-order valence-electron chi connectivity index (χ0n) is 9.05. The van der Waals surface area contributed by atoms with Crippen molar-refractivity contribution in [3.63, 3.8) is 0 Å². The fourth-order valence-corrected chi connectivity index (χ4v) is 1.13. The number of nitrogens with one attached hydrogen (secondary N) is 1. The maximum absolute atomic E-state index is 10.6. The standard InChI is InChI=1S/C10H15N3O3/c1-2-9-12-4-7(5-13-9)3-11-8(6-14)10(15)16/h4-5,8,11,14H,2-3,6H2,1H3,(H,15,16)/t8-/m1/s1. The summed E-state index contributed by atoms with van der Waals surface area (Å²) in [7, 11) is 0. The molecule has 3 N–H and O–H groups in total. The van der Waals surface area contributed by atoms with Crippen molar-refractivity contribution in [2.24, 2.45) is 0 Å². The fraction of sp³-hybridized carbons (Fsp3) is 0.500. The van der Waals surface area contributed by atoms with E-state index >= 15 is 0 Å². The van der Waals surface area contributed by atoms with Crippen molar-refractivity contribution in [1.29, 1.82) is 0 Å². The molecule has 0 aliphatic rings. The highest BCUT2D eigenvalue weighted by Crippen LogP contribution is 1.97. The maximum Gasteiger partial charge on any atom is 0.323 e. The van der Waals surface area contributed by atoms with E-state index < -0.39 is 18.6 Å². The molecule has 0 saturated carbocycles. The van der Waals surface area contributed by atoms with E-state index in [0.717, 1.165) is 17.8 Å². The number of rotatable bonds is 6. The summed E-state index contributed by atoms with van der Waals surface area (Å²) >= 11 is 0. The lowest BCUT2D eigenvalue weighted by Gasteiger charge is -2.10. The molecular weight excluding hydrogens is 210 g/mol. The molecule has 1 heterocycles. The summed E-state index contributed by atoms with van der Waals surface area (Å²) in [5.74, 6) is -0.325. The molecule has 0 spiro atoms. The van der Waals surface area contributed by atoms with Crippen LogP contribution in [0.3, 0.4) is 0 Å². The van der Waals surface area contributed by atoms with Gasteiger partial charge in [-0.3, -0.25) is 10.1 Å². The van der Waals surface area contributed by atoms with Crippen LogP contribution in [0.1, 0.15) is 18.3 Å². The van der Waals surface area contributed by atoms with Gasteiger partial charge >= 0.3 is 5.97 Å². The number of carbonyl (C=O) groups is 1. The van der Waals surface area contributed by atoms with Gasteiger partial charge in [0, 0.05) is 30.9 Å². The van der Waals surface area contributed by atoms with Crippen LogP contribution in [-0.4, -0.2) is 38.8 Å². The average Bonchev–Trinajstić information content (AvgIpc) is 2.30. The largest absolute Gasteiger partial charge is 0.480 e. The monoisotopic (exact) mass is 225 g/mol. The molecular formula is C10H15N3O3. The Morgan fingerprint density at radius 1 is 1.50 bits per heavy atom. The summed E-state index contributed by atoms with van der Waals surface area (Å²) in [6.45, 7) is 1.84. The van der Waals surface area contributed by atoms with E-state index in [1.807, 2.05) is 6.92 Å². The third-order valence-corrected chi connectivity index (χ3v) is 2.11. The minimum Gasteiger partial charge on any atom is -0.480 e. The zero-order valence-corrected chi connectivity index (χ0v) is 9.05. The molecule has 1 aromatic heterocycles. The Morgan fingerprint density at radius 3 is 2.56 bits per heavy atom. The zero-order chi connectivity index (χ0) is 12.0. The first kappa shape index (κ1) is 12.5. The Kier molecular flexibility index (Phi) is 4.81. The summed E-state index contributed by atoms with van der Waals surface area (Å²) in [6.07, 6.45) is 4.06. The van der Waals surface area contributed by atoms with Crippen LogP contribution in [0.25, 0.3) is 0 Å². The van der Waals surface area contributed by atoms with Crippen LogP contribution in [0.15, 0.2) is 12.4 Å². The van der Waals surface area contributed by atoms with Gasteiger partial charge in [-0.25, -0.2) is 9.97 Å². The minimum absolute atomic E-state index is 0.321. The molecule has 0 amide bonds. The summed E-state index contributed by atoms with van der Waals surface area (Å²) < 4.78 is 0. The average molecular weight is 225 g/mol. The quantitative estimate of drug-likeness (QED) is 0.608. The van der Waals surface area contributed by atoms with E-state index in [9.17, 15) is 4.79 Å². The van der Waals surface area contributed by atoms with Crippen LogP contribution < -0.4 is 5.32 Å². The van der Waals surface area contributed by atoms with Gasteiger partial charge in [0.15, 0.2) is 0 Å². The molecule has 88 valence electrons. The van der Waals surface area contributed by atoms with Gasteiger partial charge in [0.25, 0.3) is 0 Å². The molecule has 0 bridgehead atoms. The van der Waals surface area contributed by atoms with Crippen molar-refractivity contribution in [3.05, 3.63) is 23.8 Å². The first-order chi connectivity index (χ1) is 7.67. The number of aromatic nitrogens is 2. The summed E-state index contributed by atoms with van der Waals surface area (Å²) in [5, 5.41) is 20.2. The predicted octanol–water partition coefficient (Wildman–Crippen LogP) is -0.426. The molecule has 0 aliphatic carbocycles. The highest BCUT2D eigenvalue weighted by Gasteiger charge is 2.14. The molecule has 6 nitrogen and oxygen atoms in total. The molecule has 1 atom stereocenters. The van der Waals surface area contributed by atoms with E-state index in [1.54, 1.807) is 12.4 Å². The smallest absolute Gasteiger partial charge is 0.323 e. The molecule has 1 aromatic rings. The molecule has 0 radical (unpaired) electrons. The first-order valence-corrected chi connectivity index (χ1v) is 5.04. The van der Waals surface area contributed by atoms with E-state index in [1.165, 1.54) is 0 Å². The van der Waals surface area contributed by atoms with E-state index in [2.05, 4.69) is 15.3 Å². The minimum atomic E-state index is -1.08. The van der Waals surface area contributed by atoms with Crippen molar-refractivity contribution in [1.82, 2.24) is 15.3 Å². The topological polar surface area (TPSA) is 95.3 Å². The lowest BCUT2D eigenvalue weighted by molar-refractivity contribution is -0.140. The Balaban J connectivity index is 2.50. The highest BCUT2D eigenvalue weighted by atomic mass is 16.4. The van der Waals surface area contributed by atoms with Crippen molar-refractivity contribution in [3.8, 4) is 0 Å². The second kappa shape index (κ2) is 6.14. The number of aliphatic hydroxyl groups is 1. The van der Waals surface area contributed by atoms with Gasteiger partial charge in [-0.1, -0.05) is 6.92 Å². The lowest BCUT2D eigenvalue weighted by Crippen LogP contribution is -2.39. The lowest BCUT2D eigenvalue weighted by atomic mass is 10.2. The van der Waals surface area contributed by atoms with Crippen LogP contribution in [0, 0.1) is 0 Å². The van der Waals surface area contributed by atoms with Crippen LogP contribution in [0.2, 0.25) is 0 Å². The van der Waals surface area contributed by atoms with E-state index in [0.29, 0.717) is 6.54 Å². The molecule has 16 heavy (non-hydrogen) atoms. The normalized spacial score (nSPS) is 12.4. The second-order valence-corrected chi connectivity index (χ2v) is 3.32. The fourth-order valence-electron chi connectivity index (χ4n) is 1.13. The van der Waals surface area contributed by atoms with Crippen molar-refractivity contribution >= 4 is 5.97 Å². The molecule has 0 unspecified atom stereocenters. The number of hydrogen-bond donors (Lipinski definition) is 3. The number of aliphatic hydroxyl groups excluding tert-OH is 1. The predicted molar refractivity (Wildman–Crippen MR) is 56.8 cm³/mol. The summed E-state index contributed by atoms with van der Waals surface area (Å²) in [4.78, 5) is 18.8. The Hall–Kier alpha value is -1.53. The highest BCUT2D eigenvalue weighted by molar-refractivity contribution is 5.73. The Morgan fingerprint density at radius 2 is 2.12 bits per heavy atom. The van der Waals surface area contributed by atoms with Gasteiger partial charge in [0.2, 0.25) is 0 Å². The molecule has 0 fully saturated rings. The van der Waals surface area contributed by atoms with E-state index in [4.69, 9.17) is 10.2 Å². The number of hydrogen-bond acceptors (Lipinski definition) is 5. The van der Waals surface area contributed by atoms with Crippen LogP contribution in [-0.2, 0) is 17.8 Å². The molecule has 6 heteroatoms. The van der Waals surface area contributed by atoms with Crippen LogP contribution in [0.5, 0.6) is 0 Å². The van der Waals surface area contributed by atoms with E-state index in [-0.39, 0.29) is 0 Å². The maximum atomic E-state index is 10.6. The molecule has 0 saturated heterocycles. The van der Waals surface area contributed by atoms with Crippen molar-refractivity contribution in [2.45, 2.75) is 25.9 Å². The van der Waals surface area contributed by atoms with Gasteiger partial charge in [0.1, 0.15) is 11.9 Å². The molecule has 1 rings (SSSR count). The van der Waals surface area contributed by atoms with Gasteiger partial charge in [-0.05, 0) is 0 Å². The molecule has 0 aromatic carbocycles. The Bertz CT molecular complexity index is 340. The SMILES string of the molecule is CCc1ncc(CN[C@H](CO)C(=O)O)cn1. The summed E-state index contributed by atoms with van der Waals surface area (Å²) in [5.41, 5.74) is 0.789. The van der Waals surface area contributed by atoms with Gasteiger partial charge in [-0.2, -0.15) is 0 Å². The van der Waals surface area contributed by atoms with Crippen molar-refractivity contribution < 1.29 is 15.0 Å². The molecule has 0 aliphatic heterocycles. The van der Waals surface area contributed by atoms with Gasteiger partial charge in [0.05, 0.1) is 6.61 Å². The first-order valence-electron chi connectivity index (χ1n) is 5.04. The number of nitrogens with zero attached hydrogens (tertiary/aromatic N) is 2. The third kappa shape index (κ3) is 3.56. The third-order valence-electron chi connectivity index (χ3n) is 2.11. The Labute approximate surface area is 93.4 Å². The second-order valence-electron chi connectivity index (χ2n) is 3.32. The van der Waals surface area contributed by atoms with Crippen LogP contribution >= 0.6 is 0 Å².